The fourth-order valence-electron chi connectivity index (χ4n) is 2.63. The summed E-state index contributed by atoms with van der Waals surface area (Å²) in [5, 5.41) is 13.3. The zero-order valence-electron chi connectivity index (χ0n) is 15.6. The Morgan fingerprint density at radius 3 is 2.66 bits per heavy atom. The van der Waals surface area contributed by atoms with Gasteiger partial charge in [0.15, 0.2) is 0 Å². The number of thioether (sulfide) groups is 1. The molecule has 3 rings (SSSR count). The van der Waals surface area contributed by atoms with Crippen LogP contribution in [-0.4, -0.2) is 41.9 Å². The smallest absolute Gasteiger partial charge is 0.295 e. The lowest BCUT2D eigenvalue weighted by molar-refractivity contribution is -0.384. The lowest BCUT2D eigenvalue weighted by Gasteiger charge is -2.14. The summed E-state index contributed by atoms with van der Waals surface area (Å²) in [6.07, 6.45) is 1.57. The van der Waals surface area contributed by atoms with Crippen LogP contribution in [0.2, 0.25) is 0 Å². The number of non-ortho nitro benzene ring substituents is 1. The Kier molecular flexibility index (Phi) is 6.03. The van der Waals surface area contributed by atoms with Crippen molar-refractivity contribution in [2.24, 2.45) is 0 Å². The molecule has 2 aromatic rings. The summed E-state index contributed by atoms with van der Waals surface area (Å²) in [4.78, 5) is 36.6. The number of methoxy groups -OCH3 is 2. The summed E-state index contributed by atoms with van der Waals surface area (Å²) in [7, 11) is 3.03. The van der Waals surface area contributed by atoms with Gasteiger partial charge in [0.1, 0.15) is 11.5 Å². The number of ether oxygens (including phenoxy) is 2. The van der Waals surface area contributed by atoms with Crippen molar-refractivity contribution < 1.29 is 24.0 Å². The van der Waals surface area contributed by atoms with Gasteiger partial charge >= 0.3 is 0 Å². The minimum Gasteiger partial charge on any atom is -0.497 e. The molecule has 0 aliphatic carbocycles. The van der Waals surface area contributed by atoms with Gasteiger partial charge in [-0.25, -0.2) is 0 Å². The van der Waals surface area contributed by atoms with Gasteiger partial charge in [-0.2, -0.15) is 0 Å². The molecule has 2 aromatic carbocycles. The van der Waals surface area contributed by atoms with E-state index in [0.717, 1.165) is 16.7 Å². The molecule has 2 amide bonds. The zero-order valence-corrected chi connectivity index (χ0v) is 16.4. The van der Waals surface area contributed by atoms with Crippen molar-refractivity contribution in [3.63, 3.8) is 0 Å². The average molecular weight is 415 g/mol. The molecule has 1 saturated heterocycles. The number of carbonyl (C=O) groups excluding carboxylic acids is 2. The van der Waals surface area contributed by atoms with Crippen molar-refractivity contribution in [2.45, 2.75) is 0 Å². The number of benzene rings is 2. The predicted molar refractivity (Wildman–Crippen MR) is 109 cm³/mol. The molecule has 150 valence electrons. The second kappa shape index (κ2) is 8.65. The SMILES string of the molecule is COc1ccc(OC)c(/C=C2/SC(=O)N(CNc3cccc([N+](=O)[O-])c3)C2=O)c1. The molecule has 1 aliphatic rings. The van der Waals surface area contributed by atoms with Crippen LogP contribution in [0.5, 0.6) is 11.5 Å². The maximum absolute atomic E-state index is 12.7. The van der Waals surface area contributed by atoms with E-state index in [2.05, 4.69) is 5.32 Å². The fourth-order valence-corrected chi connectivity index (χ4v) is 3.46. The van der Waals surface area contributed by atoms with Crippen molar-refractivity contribution in [1.29, 1.82) is 0 Å². The first-order valence-electron chi connectivity index (χ1n) is 8.38. The number of nitrogens with one attached hydrogen (secondary N) is 1. The third-order valence-corrected chi connectivity index (χ3v) is 5.00. The Hall–Kier alpha value is -3.53. The van der Waals surface area contributed by atoms with Gasteiger partial charge in [0.05, 0.1) is 30.7 Å². The molecule has 0 saturated carbocycles. The minimum atomic E-state index is -0.518. The molecular formula is C19H17N3O6S. The van der Waals surface area contributed by atoms with Gasteiger partial charge in [-0.3, -0.25) is 24.6 Å². The van der Waals surface area contributed by atoms with Crippen LogP contribution in [0.1, 0.15) is 5.56 Å². The first-order valence-corrected chi connectivity index (χ1v) is 9.20. The molecule has 1 aliphatic heterocycles. The van der Waals surface area contributed by atoms with Gasteiger partial charge < -0.3 is 14.8 Å². The Balaban J connectivity index is 1.77. The summed E-state index contributed by atoms with van der Waals surface area (Å²) >= 11 is 0.806. The summed E-state index contributed by atoms with van der Waals surface area (Å²) < 4.78 is 10.5. The van der Waals surface area contributed by atoms with Crippen LogP contribution in [0.25, 0.3) is 6.08 Å². The van der Waals surface area contributed by atoms with Crippen LogP contribution in [0.4, 0.5) is 16.2 Å². The first-order chi connectivity index (χ1) is 13.9. The third kappa shape index (κ3) is 4.49. The molecule has 0 atom stereocenters. The number of amides is 2. The third-order valence-electron chi connectivity index (χ3n) is 4.10. The van der Waals surface area contributed by atoms with E-state index >= 15 is 0 Å². The normalized spacial score (nSPS) is 15.0. The highest BCUT2D eigenvalue weighted by Crippen LogP contribution is 2.35. The average Bonchev–Trinajstić information content (AvgIpc) is 2.99. The number of nitro groups is 1. The zero-order chi connectivity index (χ0) is 21.0. The molecule has 0 aromatic heterocycles. The van der Waals surface area contributed by atoms with Gasteiger partial charge in [0, 0.05) is 23.4 Å². The fraction of sp³-hybridized carbons (Fsp3) is 0.158. The second-order valence-corrected chi connectivity index (χ2v) is 6.85. The Bertz CT molecular complexity index is 1010. The van der Waals surface area contributed by atoms with E-state index in [1.807, 2.05) is 0 Å². The quantitative estimate of drug-likeness (QED) is 0.414. The molecule has 1 N–H and O–H groups in total. The van der Waals surface area contributed by atoms with E-state index in [0.29, 0.717) is 22.7 Å². The number of hydrogen-bond acceptors (Lipinski definition) is 8. The maximum Gasteiger partial charge on any atom is 0.295 e. The van der Waals surface area contributed by atoms with Crippen molar-refractivity contribution in [3.05, 3.63) is 63.0 Å². The molecular weight excluding hydrogens is 398 g/mol. The second-order valence-electron chi connectivity index (χ2n) is 5.86. The maximum atomic E-state index is 12.7. The molecule has 0 spiro atoms. The van der Waals surface area contributed by atoms with Gasteiger partial charge in [-0.05, 0) is 42.1 Å². The Labute approximate surface area is 170 Å². The van der Waals surface area contributed by atoms with Crippen LogP contribution in [0, 0.1) is 10.1 Å². The lowest BCUT2D eigenvalue weighted by Crippen LogP contribution is -2.33. The van der Waals surface area contributed by atoms with E-state index in [-0.39, 0.29) is 17.3 Å². The topological polar surface area (TPSA) is 111 Å². The lowest BCUT2D eigenvalue weighted by atomic mass is 10.1. The van der Waals surface area contributed by atoms with Crippen molar-refractivity contribution in [3.8, 4) is 11.5 Å². The molecule has 29 heavy (non-hydrogen) atoms. The predicted octanol–water partition coefficient (Wildman–Crippen LogP) is 3.72. The molecule has 0 bridgehead atoms. The monoisotopic (exact) mass is 415 g/mol. The number of carbonyl (C=O) groups is 2. The van der Waals surface area contributed by atoms with E-state index in [1.165, 1.54) is 32.4 Å². The van der Waals surface area contributed by atoms with Crippen LogP contribution in [0.3, 0.4) is 0 Å². The van der Waals surface area contributed by atoms with Crippen LogP contribution < -0.4 is 14.8 Å². The molecule has 1 fully saturated rings. The van der Waals surface area contributed by atoms with E-state index in [4.69, 9.17) is 9.47 Å². The standard InChI is InChI=1S/C19H17N3O6S/c1-27-15-6-7-16(28-2)12(8-15)9-17-18(23)21(19(24)29-17)11-20-13-4-3-5-14(10-13)22(25)26/h3-10,20H,11H2,1-2H3/b17-9+. The first kappa shape index (κ1) is 20.2. The Morgan fingerprint density at radius 2 is 1.97 bits per heavy atom. The van der Waals surface area contributed by atoms with Gasteiger partial charge in [0.25, 0.3) is 16.8 Å². The van der Waals surface area contributed by atoms with Crippen molar-refractivity contribution in [2.75, 3.05) is 26.2 Å². The van der Waals surface area contributed by atoms with Crippen molar-refractivity contribution >= 4 is 40.4 Å². The van der Waals surface area contributed by atoms with Gasteiger partial charge in [-0.15, -0.1) is 0 Å². The number of nitro benzene ring substituents is 1. The summed E-state index contributed by atoms with van der Waals surface area (Å²) in [5.41, 5.74) is 0.940. The van der Waals surface area contributed by atoms with Gasteiger partial charge in [-0.1, -0.05) is 6.07 Å². The molecule has 9 nitrogen and oxygen atoms in total. The number of nitrogens with zero attached hydrogens (tertiary/aromatic N) is 2. The van der Waals surface area contributed by atoms with Crippen LogP contribution in [-0.2, 0) is 4.79 Å². The molecule has 0 unspecified atom stereocenters. The summed E-state index contributed by atoms with van der Waals surface area (Å²) in [6.45, 7) is -0.113. The van der Waals surface area contributed by atoms with Crippen LogP contribution in [0.15, 0.2) is 47.4 Å². The number of hydrogen-bond donors (Lipinski definition) is 1. The number of imide groups is 1. The van der Waals surface area contributed by atoms with E-state index in [9.17, 15) is 19.7 Å². The number of anilines is 1. The minimum absolute atomic E-state index is 0.0887. The van der Waals surface area contributed by atoms with E-state index in [1.54, 1.807) is 30.3 Å². The summed E-state index contributed by atoms with van der Waals surface area (Å²) in [6, 6.07) is 11.0. The highest BCUT2D eigenvalue weighted by molar-refractivity contribution is 8.18. The van der Waals surface area contributed by atoms with Gasteiger partial charge in [0.2, 0.25) is 0 Å². The highest BCUT2D eigenvalue weighted by Gasteiger charge is 2.35. The van der Waals surface area contributed by atoms with Crippen molar-refractivity contribution in [1.82, 2.24) is 4.90 Å². The largest absolute Gasteiger partial charge is 0.497 e. The highest BCUT2D eigenvalue weighted by atomic mass is 32.2. The van der Waals surface area contributed by atoms with E-state index < -0.39 is 16.1 Å². The molecule has 0 radical (unpaired) electrons. The number of rotatable bonds is 7. The molecule has 1 heterocycles. The Morgan fingerprint density at radius 1 is 1.17 bits per heavy atom. The van der Waals surface area contributed by atoms with Crippen LogP contribution >= 0.6 is 11.8 Å². The summed E-state index contributed by atoms with van der Waals surface area (Å²) in [5.74, 6) is 0.652. The molecule has 10 heteroatoms.